The maximum absolute atomic E-state index is 14.5. The van der Waals surface area contributed by atoms with Gasteiger partial charge >= 0.3 is 0 Å². The van der Waals surface area contributed by atoms with E-state index in [1.807, 2.05) is 31.2 Å². The van der Waals surface area contributed by atoms with E-state index in [4.69, 9.17) is 4.74 Å². The lowest BCUT2D eigenvalue weighted by Gasteiger charge is -2.36. The largest absolute Gasteiger partial charge is 0.395 e. The molecule has 3 heterocycles. The van der Waals surface area contributed by atoms with Gasteiger partial charge in [0.15, 0.2) is 0 Å². The number of carbonyl (C=O) groups excluding carboxylic acids is 3. The number of benzene rings is 1. The van der Waals surface area contributed by atoms with Gasteiger partial charge in [-0.2, -0.15) is 0 Å². The molecule has 3 aliphatic rings. The number of rotatable bonds is 13. The fourth-order valence-electron chi connectivity index (χ4n) is 7.27. The number of aliphatic hydroxyl groups is 1. The lowest BCUT2D eigenvalue weighted by atomic mass is 9.64. The summed E-state index contributed by atoms with van der Waals surface area (Å²) >= 11 is 0. The molecule has 1 spiro atoms. The third-order valence-corrected chi connectivity index (χ3v) is 9.17. The van der Waals surface area contributed by atoms with Crippen molar-refractivity contribution in [2.24, 2.45) is 11.8 Å². The van der Waals surface area contributed by atoms with Gasteiger partial charge in [0.1, 0.15) is 11.6 Å². The van der Waals surface area contributed by atoms with Crippen LogP contribution in [0, 0.1) is 11.8 Å². The predicted octanol–water partition coefficient (Wildman–Crippen LogP) is 2.84. The van der Waals surface area contributed by atoms with Gasteiger partial charge in [-0.3, -0.25) is 14.4 Å². The maximum Gasteiger partial charge on any atom is 0.253 e. The third kappa shape index (κ3) is 4.53. The van der Waals surface area contributed by atoms with E-state index in [9.17, 15) is 19.5 Å². The Kier molecular flexibility index (Phi) is 8.75. The van der Waals surface area contributed by atoms with E-state index in [-0.39, 0.29) is 37.4 Å². The van der Waals surface area contributed by atoms with Crippen molar-refractivity contribution in [2.75, 3.05) is 56.2 Å². The molecule has 2 unspecified atom stereocenters. The van der Waals surface area contributed by atoms with Gasteiger partial charge in [0.2, 0.25) is 11.8 Å². The Balaban J connectivity index is 1.77. The van der Waals surface area contributed by atoms with Gasteiger partial charge in [-0.15, -0.1) is 13.2 Å². The Labute approximate surface area is 238 Å². The minimum absolute atomic E-state index is 0.0117. The van der Waals surface area contributed by atoms with Crippen molar-refractivity contribution in [3.05, 3.63) is 49.6 Å². The van der Waals surface area contributed by atoms with E-state index in [1.165, 1.54) is 4.90 Å². The first kappa shape index (κ1) is 29.8. The Morgan fingerprint density at radius 1 is 1.05 bits per heavy atom. The lowest BCUT2D eigenvalue weighted by molar-refractivity contribution is -0.150. The molecule has 3 aliphatic heterocycles. The number of β-amino-alcohol motifs (C(OH)–C–C–N with tert-alkyl or cyclic N) is 1. The number of ether oxygens (including phenoxy) is 1. The van der Waals surface area contributed by atoms with Crippen molar-refractivity contribution in [1.82, 2.24) is 9.80 Å². The highest BCUT2D eigenvalue weighted by Gasteiger charge is 2.79. The molecule has 3 fully saturated rings. The number of likely N-dealkylation sites (tertiary alicyclic amines) is 1. The van der Waals surface area contributed by atoms with E-state index >= 15 is 0 Å². The Morgan fingerprint density at radius 3 is 2.23 bits per heavy atom. The van der Waals surface area contributed by atoms with Crippen molar-refractivity contribution in [2.45, 2.75) is 57.3 Å². The second-order valence-corrected chi connectivity index (χ2v) is 11.0. The zero-order chi connectivity index (χ0) is 29.2. The van der Waals surface area contributed by atoms with Crippen LogP contribution in [0.2, 0.25) is 0 Å². The second-order valence-electron chi connectivity index (χ2n) is 11.0. The van der Waals surface area contributed by atoms with Crippen molar-refractivity contribution >= 4 is 29.1 Å². The molecule has 2 bridgehead atoms. The first-order valence-electron chi connectivity index (χ1n) is 14.4. The quantitative estimate of drug-likeness (QED) is 0.379. The van der Waals surface area contributed by atoms with Crippen LogP contribution in [0.25, 0.3) is 0 Å². The standard InChI is InChI=1S/C31H44N4O5/c1-7-18-32(6)27(37)24-25-28(38)35(20-21-36)26(31(25)17-16-30(24,9-3)40-31)29(39)34(19-8-2)23-14-12-22(13-15-23)33(10-4)11-5/h7-8,12-15,24-26,36H,1-2,9-11,16-21H2,3-6H3/t24-,25+,26?,30+,31?/m1/s1. The molecule has 9 heteroatoms. The average Bonchev–Trinajstić information content (AvgIpc) is 3.56. The summed E-state index contributed by atoms with van der Waals surface area (Å²) in [6.07, 6.45) is 4.95. The predicted molar refractivity (Wildman–Crippen MR) is 156 cm³/mol. The van der Waals surface area contributed by atoms with E-state index < -0.39 is 29.1 Å². The highest BCUT2D eigenvalue weighted by molar-refractivity contribution is 6.05. The summed E-state index contributed by atoms with van der Waals surface area (Å²) in [6, 6.07) is 6.84. The summed E-state index contributed by atoms with van der Waals surface area (Å²) in [6.45, 7) is 15.8. The number of fused-ring (bicyclic) bond motifs is 1. The van der Waals surface area contributed by atoms with E-state index in [0.717, 1.165) is 18.8 Å². The number of amides is 3. The Hall–Kier alpha value is -3.17. The van der Waals surface area contributed by atoms with Crippen LogP contribution in [0.15, 0.2) is 49.6 Å². The first-order chi connectivity index (χ1) is 19.2. The first-order valence-corrected chi connectivity index (χ1v) is 14.4. The van der Waals surface area contributed by atoms with Gasteiger partial charge in [-0.05, 0) is 57.4 Å². The summed E-state index contributed by atoms with van der Waals surface area (Å²) < 4.78 is 6.81. The van der Waals surface area contributed by atoms with Crippen molar-refractivity contribution in [3.63, 3.8) is 0 Å². The fraction of sp³-hybridized carbons (Fsp3) is 0.581. The number of anilines is 2. The van der Waals surface area contributed by atoms with Crippen LogP contribution in [-0.4, -0.2) is 96.3 Å². The minimum atomic E-state index is -1.14. The van der Waals surface area contributed by atoms with Crippen molar-refractivity contribution < 1.29 is 24.2 Å². The molecule has 0 saturated carbocycles. The molecule has 0 aromatic heterocycles. The van der Waals surface area contributed by atoms with Gasteiger partial charge in [0.05, 0.1) is 24.0 Å². The number of hydrogen-bond donors (Lipinski definition) is 1. The van der Waals surface area contributed by atoms with E-state index in [0.29, 0.717) is 31.5 Å². The van der Waals surface area contributed by atoms with Crippen LogP contribution in [-0.2, 0) is 19.1 Å². The molecular formula is C31H44N4O5. The molecule has 9 nitrogen and oxygen atoms in total. The summed E-state index contributed by atoms with van der Waals surface area (Å²) in [5.74, 6) is -2.27. The molecule has 1 aromatic carbocycles. The Bertz CT molecular complexity index is 1140. The molecule has 5 atom stereocenters. The summed E-state index contributed by atoms with van der Waals surface area (Å²) in [4.78, 5) is 49.3. The fourth-order valence-corrected chi connectivity index (χ4v) is 7.27. The number of carbonyl (C=O) groups is 3. The normalized spacial score (nSPS) is 28.4. The van der Waals surface area contributed by atoms with Crippen LogP contribution in [0.5, 0.6) is 0 Å². The minimum Gasteiger partial charge on any atom is -0.395 e. The van der Waals surface area contributed by atoms with Gasteiger partial charge in [-0.25, -0.2) is 0 Å². The smallest absolute Gasteiger partial charge is 0.253 e. The van der Waals surface area contributed by atoms with Crippen LogP contribution in [0.4, 0.5) is 11.4 Å². The molecule has 218 valence electrons. The van der Waals surface area contributed by atoms with Gasteiger partial charge in [-0.1, -0.05) is 19.1 Å². The average molecular weight is 553 g/mol. The number of nitrogens with zero attached hydrogens (tertiary/aromatic N) is 4. The molecule has 0 aliphatic carbocycles. The molecule has 40 heavy (non-hydrogen) atoms. The van der Waals surface area contributed by atoms with Crippen LogP contribution in [0.3, 0.4) is 0 Å². The second kappa shape index (κ2) is 11.7. The lowest BCUT2D eigenvalue weighted by Crippen LogP contribution is -2.57. The van der Waals surface area contributed by atoms with E-state index in [1.54, 1.807) is 29.0 Å². The molecular weight excluding hydrogens is 508 g/mol. The number of likely N-dealkylation sites (N-methyl/N-ethyl adjacent to an activating group) is 1. The molecule has 1 N–H and O–H groups in total. The maximum atomic E-state index is 14.5. The van der Waals surface area contributed by atoms with Crippen molar-refractivity contribution in [1.29, 1.82) is 0 Å². The molecule has 3 amide bonds. The summed E-state index contributed by atoms with van der Waals surface area (Å²) in [7, 11) is 1.70. The molecule has 4 rings (SSSR count). The van der Waals surface area contributed by atoms with Gasteiger partial charge < -0.3 is 29.4 Å². The monoisotopic (exact) mass is 552 g/mol. The highest BCUT2D eigenvalue weighted by atomic mass is 16.5. The van der Waals surface area contributed by atoms with Crippen LogP contribution in [0.1, 0.15) is 40.0 Å². The van der Waals surface area contributed by atoms with E-state index in [2.05, 4.69) is 31.9 Å². The number of hydrogen-bond acceptors (Lipinski definition) is 6. The summed E-state index contributed by atoms with van der Waals surface area (Å²) in [5, 5.41) is 9.93. The zero-order valence-electron chi connectivity index (χ0n) is 24.3. The van der Waals surface area contributed by atoms with Gasteiger partial charge in [0.25, 0.3) is 5.91 Å². The highest BCUT2D eigenvalue weighted by Crippen LogP contribution is 2.64. The Morgan fingerprint density at radius 2 is 1.68 bits per heavy atom. The van der Waals surface area contributed by atoms with Gasteiger partial charge in [0, 0.05) is 51.1 Å². The SMILES string of the molecule is C=CCN(C)C(=O)[C@H]1[C@H]2C(=O)N(CCO)C(C(=O)N(CC=C)c3ccc(N(CC)CC)cc3)C23CC[C@]1(CC)O3. The van der Waals surface area contributed by atoms with Crippen LogP contribution < -0.4 is 9.80 Å². The molecule has 1 aromatic rings. The molecule has 3 saturated heterocycles. The van der Waals surface area contributed by atoms with Crippen LogP contribution >= 0.6 is 0 Å². The third-order valence-electron chi connectivity index (χ3n) is 9.17. The zero-order valence-corrected chi connectivity index (χ0v) is 24.3. The molecule has 0 radical (unpaired) electrons. The number of aliphatic hydroxyl groups excluding tert-OH is 1. The topological polar surface area (TPSA) is 93.6 Å². The summed E-state index contributed by atoms with van der Waals surface area (Å²) in [5.41, 5.74) is -0.210. The van der Waals surface area contributed by atoms with Crippen molar-refractivity contribution in [3.8, 4) is 0 Å².